The van der Waals surface area contributed by atoms with E-state index in [4.69, 9.17) is 5.73 Å². The van der Waals surface area contributed by atoms with Crippen molar-refractivity contribution < 1.29 is 17.9 Å². The van der Waals surface area contributed by atoms with Gasteiger partial charge in [-0.1, -0.05) is 13.0 Å². The fraction of sp³-hybridized carbons (Fsp3) is 0.533. The van der Waals surface area contributed by atoms with Gasteiger partial charge in [-0.3, -0.25) is 0 Å². The topological polar surface area (TPSA) is 89.7 Å². The van der Waals surface area contributed by atoms with Crippen LogP contribution in [-0.4, -0.2) is 44.9 Å². The summed E-state index contributed by atoms with van der Waals surface area (Å²) in [4.78, 5) is 11.7. The maximum atomic E-state index is 12.9. The quantitative estimate of drug-likeness (QED) is 0.822. The number of carbonyl (C=O) groups excluding carboxylic acids is 1. The molecule has 1 aromatic carbocycles. The van der Waals surface area contributed by atoms with Crippen molar-refractivity contribution >= 4 is 28.4 Å². The lowest BCUT2D eigenvalue weighted by atomic mass is 9.93. The molecule has 1 heterocycles. The van der Waals surface area contributed by atoms with Gasteiger partial charge in [0.25, 0.3) is 0 Å². The molecule has 0 saturated carbocycles. The summed E-state index contributed by atoms with van der Waals surface area (Å²) in [7, 11) is -2.41. The summed E-state index contributed by atoms with van der Waals surface area (Å²) >= 11 is 0. The molecule has 23 heavy (non-hydrogen) atoms. The van der Waals surface area contributed by atoms with Crippen LogP contribution in [0.3, 0.4) is 0 Å². The standard InChI is InChI=1S/C15H22N2O4S.ClH/c1-11-5-4-8-17(14(11)10-16)22(19,20)13-7-3-6-12(9-13)15(18)21-2;/h3,6-7,9,11,14H,4-5,8,10,16H2,1-2H3;1H. The number of rotatable bonds is 4. The molecule has 2 unspecified atom stereocenters. The molecule has 1 aromatic rings. The Balaban J connectivity index is 0.00000264. The zero-order valence-corrected chi connectivity index (χ0v) is 14.9. The Morgan fingerprint density at radius 2 is 2.13 bits per heavy atom. The van der Waals surface area contributed by atoms with Crippen LogP contribution < -0.4 is 5.73 Å². The highest BCUT2D eigenvalue weighted by molar-refractivity contribution is 7.89. The predicted octanol–water partition coefficient (Wildman–Crippen LogP) is 1.64. The maximum Gasteiger partial charge on any atom is 0.337 e. The molecule has 6 nitrogen and oxygen atoms in total. The summed E-state index contributed by atoms with van der Waals surface area (Å²) < 4.78 is 31.9. The molecular formula is C15H23ClN2O4S. The minimum atomic E-state index is -3.67. The van der Waals surface area contributed by atoms with Crippen molar-refractivity contribution in [3.05, 3.63) is 29.8 Å². The van der Waals surface area contributed by atoms with Crippen LogP contribution in [-0.2, 0) is 14.8 Å². The Labute approximate surface area is 143 Å². The molecule has 130 valence electrons. The smallest absolute Gasteiger partial charge is 0.337 e. The lowest BCUT2D eigenvalue weighted by Gasteiger charge is -2.38. The molecule has 0 spiro atoms. The Bertz CT molecular complexity index is 651. The summed E-state index contributed by atoms with van der Waals surface area (Å²) in [5, 5.41) is 0. The van der Waals surface area contributed by atoms with Gasteiger partial charge in [0.05, 0.1) is 17.6 Å². The molecule has 1 fully saturated rings. The van der Waals surface area contributed by atoms with Crippen molar-refractivity contribution in [3.63, 3.8) is 0 Å². The van der Waals surface area contributed by atoms with Crippen LogP contribution in [0.4, 0.5) is 0 Å². The van der Waals surface area contributed by atoms with Gasteiger partial charge in [0.1, 0.15) is 0 Å². The molecule has 1 aliphatic rings. The SMILES string of the molecule is COC(=O)c1cccc(S(=O)(=O)N2CCCC(C)C2CN)c1.Cl. The molecule has 1 saturated heterocycles. The van der Waals surface area contributed by atoms with Gasteiger partial charge in [0.15, 0.2) is 0 Å². The molecule has 0 bridgehead atoms. The average Bonchev–Trinajstić information content (AvgIpc) is 2.53. The third-order valence-corrected chi connectivity index (χ3v) is 6.09. The number of ether oxygens (including phenoxy) is 1. The van der Waals surface area contributed by atoms with Crippen molar-refractivity contribution in [3.8, 4) is 0 Å². The Morgan fingerprint density at radius 1 is 1.43 bits per heavy atom. The highest BCUT2D eigenvalue weighted by Crippen LogP contribution is 2.28. The first kappa shape index (κ1) is 19.9. The second-order valence-electron chi connectivity index (χ2n) is 5.56. The van der Waals surface area contributed by atoms with E-state index in [1.165, 1.54) is 29.6 Å². The molecule has 0 radical (unpaired) electrons. The number of methoxy groups -OCH3 is 1. The summed E-state index contributed by atoms with van der Waals surface area (Å²) in [5.74, 6) is -0.336. The number of piperidine rings is 1. The summed E-state index contributed by atoms with van der Waals surface area (Å²) in [6.07, 6.45) is 1.78. The predicted molar refractivity (Wildman–Crippen MR) is 90.2 cm³/mol. The number of carbonyl (C=O) groups is 1. The van der Waals surface area contributed by atoms with Gasteiger partial charge in [-0.15, -0.1) is 12.4 Å². The van der Waals surface area contributed by atoms with E-state index in [1.54, 1.807) is 6.07 Å². The van der Waals surface area contributed by atoms with Gasteiger partial charge in [-0.25, -0.2) is 13.2 Å². The first-order chi connectivity index (χ1) is 10.4. The van der Waals surface area contributed by atoms with Crippen LogP contribution >= 0.6 is 12.4 Å². The molecule has 8 heteroatoms. The van der Waals surface area contributed by atoms with E-state index < -0.39 is 16.0 Å². The molecule has 0 amide bonds. The number of esters is 1. The van der Waals surface area contributed by atoms with Crippen LogP contribution in [0.15, 0.2) is 29.2 Å². The third kappa shape index (κ3) is 4.03. The van der Waals surface area contributed by atoms with Crippen LogP contribution in [0.1, 0.15) is 30.1 Å². The first-order valence-corrected chi connectivity index (χ1v) is 8.76. The lowest BCUT2D eigenvalue weighted by molar-refractivity contribution is 0.0600. The average molecular weight is 363 g/mol. The second kappa shape index (κ2) is 8.10. The Kier molecular flexibility index (Phi) is 7.01. The van der Waals surface area contributed by atoms with Gasteiger partial charge < -0.3 is 10.5 Å². The van der Waals surface area contributed by atoms with E-state index in [2.05, 4.69) is 4.74 Å². The highest BCUT2D eigenvalue weighted by atomic mass is 35.5. The zero-order valence-electron chi connectivity index (χ0n) is 13.3. The largest absolute Gasteiger partial charge is 0.465 e. The van der Waals surface area contributed by atoms with Crippen molar-refractivity contribution in [2.45, 2.75) is 30.7 Å². The molecule has 0 aromatic heterocycles. The minimum Gasteiger partial charge on any atom is -0.465 e. The fourth-order valence-electron chi connectivity index (χ4n) is 2.90. The Morgan fingerprint density at radius 3 is 2.74 bits per heavy atom. The van der Waals surface area contributed by atoms with E-state index in [1.807, 2.05) is 6.92 Å². The van der Waals surface area contributed by atoms with E-state index in [9.17, 15) is 13.2 Å². The van der Waals surface area contributed by atoms with Crippen molar-refractivity contribution in [1.29, 1.82) is 0 Å². The van der Waals surface area contributed by atoms with Crippen LogP contribution in [0.2, 0.25) is 0 Å². The number of hydrogen-bond donors (Lipinski definition) is 1. The van der Waals surface area contributed by atoms with Gasteiger partial charge >= 0.3 is 5.97 Å². The molecule has 2 N–H and O–H groups in total. The molecule has 0 aliphatic carbocycles. The molecule has 1 aliphatic heterocycles. The molecule has 2 rings (SSSR count). The van der Waals surface area contributed by atoms with Gasteiger partial charge in [-0.2, -0.15) is 4.31 Å². The van der Waals surface area contributed by atoms with E-state index in [0.29, 0.717) is 6.54 Å². The number of benzene rings is 1. The number of halogens is 1. The van der Waals surface area contributed by atoms with Gasteiger partial charge in [0, 0.05) is 19.1 Å². The lowest BCUT2D eigenvalue weighted by Crippen LogP contribution is -2.51. The van der Waals surface area contributed by atoms with Crippen molar-refractivity contribution in [2.75, 3.05) is 20.2 Å². The second-order valence-corrected chi connectivity index (χ2v) is 7.45. The minimum absolute atomic E-state index is 0. The van der Waals surface area contributed by atoms with E-state index >= 15 is 0 Å². The van der Waals surface area contributed by atoms with Crippen LogP contribution in [0.5, 0.6) is 0 Å². The summed E-state index contributed by atoms with van der Waals surface area (Å²) in [5.41, 5.74) is 6.00. The fourth-order valence-corrected chi connectivity index (χ4v) is 4.71. The van der Waals surface area contributed by atoms with Gasteiger partial charge in [0.2, 0.25) is 10.0 Å². The zero-order chi connectivity index (χ0) is 16.3. The summed E-state index contributed by atoms with van der Waals surface area (Å²) in [6, 6.07) is 5.72. The summed E-state index contributed by atoms with van der Waals surface area (Å²) in [6.45, 7) is 2.76. The van der Waals surface area contributed by atoms with E-state index in [0.717, 1.165) is 12.8 Å². The number of hydrogen-bond acceptors (Lipinski definition) is 5. The van der Waals surface area contributed by atoms with E-state index in [-0.39, 0.29) is 41.4 Å². The first-order valence-electron chi connectivity index (χ1n) is 7.32. The number of nitrogens with zero attached hydrogens (tertiary/aromatic N) is 1. The van der Waals surface area contributed by atoms with Crippen molar-refractivity contribution in [1.82, 2.24) is 4.31 Å². The number of sulfonamides is 1. The monoisotopic (exact) mass is 362 g/mol. The molecule has 2 atom stereocenters. The Hall–Kier alpha value is -1.15. The van der Waals surface area contributed by atoms with Crippen molar-refractivity contribution in [2.24, 2.45) is 11.7 Å². The maximum absolute atomic E-state index is 12.9. The number of nitrogens with two attached hydrogens (primary N) is 1. The highest BCUT2D eigenvalue weighted by Gasteiger charge is 2.36. The third-order valence-electron chi connectivity index (χ3n) is 4.17. The van der Waals surface area contributed by atoms with Crippen LogP contribution in [0, 0.1) is 5.92 Å². The molecular weight excluding hydrogens is 340 g/mol. The van der Waals surface area contributed by atoms with Crippen LogP contribution in [0.25, 0.3) is 0 Å². The van der Waals surface area contributed by atoms with Gasteiger partial charge in [-0.05, 0) is 37.0 Å². The normalized spacial score (nSPS) is 22.2.